The van der Waals surface area contributed by atoms with Gasteiger partial charge in [-0.3, -0.25) is 4.79 Å². The molecular weight excluding hydrogens is 204 g/mol. The lowest BCUT2D eigenvalue weighted by Gasteiger charge is -2.24. The van der Waals surface area contributed by atoms with Crippen molar-refractivity contribution in [3.05, 3.63) is 0 Å². The quantitative estimate of drug-likeness (QED) is 0.739. The SMILES string of the molecule is CC(C)C[C@H](N)C(=O)NCC1(C)CCCO1. The first-order chi connectivity index (χ1) is 7.43. The van der Waals surface area contributed by atoms with Crippen molar-refractivity contribution in [2.75, 3.05) is 13.2 Å². The Kier molecular flexibility index (Phi) is 4.74. The Bertz CT molecular complexity index is 235. The van der Waals surface area contributed by atoms with E-state index in [2.05, 4.69) is 19.2 Å². The molecule has 3 N–H and O–H groups in total. The van der Waals surface area contributed by atoms with E-state index in [0.29, 0.717) is 12.5 Å². The Balaban J connectivity index is 2.28. The predicted molar refractivity (Wildman–Crippen MR) is 64.0 cm³/mol. The first-order valence-electron chi connectivity index (χ1n) is 6.10. The van der Waals surface area contributed by atoms with Gasteiger partial charge in [0.15, 0.2) is 0 Å². The summed E-state index contributed by atoms with van der Waals surface area (Å²) in [5.74, 6) is 0.379. The van der Waals surface area contributed by atoms with Crippen molar-refractivity contribution < 1.29 is 9.53 Å². The molecule has 0 aromatic rings. The van der Waals surface area contributed by atoms with Crippen LogP contribution in [0.5, 0.6) is 0 Å². The molecule has 0 aromatic heterocycles. The lowest BCUT2D eigenvalue weighted by Crippen LogP contribution is -2.47. The van der Waals surface area contributed by atoms with E-state index in [0.717, 1.165) is 25.9 Å². The van der Waals surface area contributed by atoms with Crippen LogP contribution in [0.3, 0.4) is 0 Å². The number of hydrogen-bond acceptors (Lipinski definition) is 3. The van der Waals surface area contributed by atoms with Crippen LogP contribution >= 0.6 is 0 Å². The van der Waals surface area contributed by atoms with E-state index in [1.165, 1.54) is 0 Å². The molecular formula is C12H24N2O2. The van der Waals surface area contributed by atoms with Crippen LogP contribution < -0.4 is 11.1 Å². The van der Waals surface area contributed by atoms with E-state index >= 15 is 0 Å². The second-order valence-corrected chi connectivity index (χ2v) is 5.36. The molecule has 1 aliphatic heterocycles. The van der Waals surface area contributed by atoms with Gasteiger partial charge in [-0.2, -0.15) is 0 Å². The molecule has 1 unspecified atom stereocenters. The minimum Gasteiger partial charge on any atom is -0.373 e. The number of hydrogen-bond donors (Lipinski definition) is 2. The summed E-state index contributed by atoms with van der Waals surface area (Å²) in [6.45, 7) is 7.53. The van der Waals surface area contributed by atoms with Crippen molar-refractivity contribution in [3.8, 4) is 0 Å². The van der Waals surface area contributed by atoms with Crippen LogP contribution in [0.2, 0.25) is 0 Å². The van der Waals surface area contributed by atoms with Gasteiger partial charge in [0, 0.05) is 13.2 Å². The van der Waals surface area contributed by atoms with E-state index in [4.69, 9.17) is 10.5 Å². The number of carbonyl (C=O) groups excluding carboxylic acids is 1. The van der Waals surface area contributed by atoms with Crippen LogP contribution in [-0.2, 0) is 9.53 Å². The molecule has 4 nitrogen and oxygen atoms in total. The van der Waals surface area contributed by atoms with Crippen molar-refractivity contribution in [1.82, 2.24) is 5.32 Å². The van der Waals surface area contributed by atoms with Gasteiger partial charge in [-0.05, 0) is 32.1 Å². The van der Waals surface area contributed by atoms with E-state index in [1.54, 1.807) is 0 Å². The summed E-state index contributed by atoms with van der Waals surface area (Å²) in [7, 11) is 0. The Morgan fingerprint density at radius 1 is 1.56 bits per heavy atom. The van der Waals surface area contributed by atoms with Crippen molar-refractivity contribution in [2.24, 2.45) is 11.7 Å². The zero-order valence-electron chi connectivity index (χ0n) is 10.6. The first-order valence-corrected chi connectivity index (χ1v) is 6.10. The zero-order chi connectivity index (χ0) is 12.2. The van der Waals surface area contributed by atoms with Gasteiger partial charge >= 0.3 is 0 Å². The van der Waals surface area contributed by atoms with Gasteiger partial charge < -0.3 is 15.8 Å². The smallest absolute Gasteiger partial charge is 0.237 e. The molecule has 16 heavy (non-hydrogen) atoms. The highest BCUT2D eigenvalue weighted by Crippen LogP contribution is 2.23. The normalized spacial score (nSPS) is 27.1. The number of nitrogens with one attached hydrogen (secondary N) is 1. The largest absolute Gasteiger partial charge is 0.373 e. The highest BCUT2D eigenvalue weighted by atomic mass is 16.5. The maximum absolute atomic E-state index is 11.7. The van der Waals surface area contributed by atoms with Crippen LogP contribution in [0.25, 0.3) is 0 Å². The third-order valence-electron chi connectivity index (χ3n) is 3.00. The minimum atomic E-state index is -0.398. The van der Waals surface area contributed by atoms with Gasteiger partial charge in [0.1, 0.15) is 0 Å². The van der Waals surface area contributed by atoms with Gasteiger partial charge in [-0.25, -0.2) is 0 Å². The molecule has 0 radical (unpaired) electrons. The third-order valence-corrected chi connectivity index (χ3v) is 3.00. The number of amides is 1. The molecule has 1 saturated heterocycles. The molecule has 0 bridgehead atoms. The number of carbonyl (C=O) groups is 1. The van der Waals surface area contributed by atoms with Crippen LogP contribution in [0.1, 0.15) is 40.0 Å². The van der Waals surface area contributed by atoms with Crippen molar-refractivity contribution in [1.29, 1.82) is 0 Å². The van der Waals surface area contributed by atoms with Gasteiger partial charge in [0.2, 0.25) is 5.91 Å². The maximum Gasteiger partial charge on any atom is 0.237 e. The highest BCUT2D eigenvalue weighted by molar-refractivity contribution is 5.81. The molecule has 1 amide bonds. The second-order valence-electron chi connectivity index (χ2n) is 5.36. The molecule has 1 rings (SSSR count). The number of ether oxygens (including phenoxy) is 1. The summed E-state index contributed by atoms with van der Waals surface area (Å²) in [5, 5.41) is 2.88. The summed E-state index contributed by atoms with van der Waals surface area (Å²) >= 11 is 0. The fourth-order valence-corrected chi connectivity index (χ4v) is 2.00. The minimum absolute atomic E-state index is 0.0644. The van der Waals surface area contributed by atoms with Crippen molar-refractivity contribution in [2.45, 2.75) is 51.7 Å². The molecule has 1 aliphatic rings. The average Bonchev–Trinajstić information content (AvgIpc) is 2.61. The summed E-state index contributed by atoms with van der Waals surface area (Å²) in [5.41, 5.74) is 5.61. The average molecular weight is 228 g/mol. The number of rotatable bonds is 5. The van der Waals surface area contributed by atoms with E-state index < -0.39 is 6.04 Å². The lowest BCUT2D eigenvalue weighted by atomic mass is 10.0. The molecule has 0 spiro atoms. The van der Waals surface area contributed by atoms with Crippen LogP contribution in [0.4, 0.5) is 0 Å². The fraction of sp³-hybridized carbons (Fsp3) is 0.917. The van der Waals surface area contributed by atoms with Gasteiger partial charge in [-0.1, -0.05) is 13.8 Å². The highest BCUT2D eigenvalue weighted by Gasteiger charge is 2.30. The topological polar surface area (TPSA) is 64.4 Å². The Labute approximate surface area is 97.9 Å². The maximum atomic E-state index is 11.7. The first kappa shape index (κ1) is 13.5. The molecule has 94 valence electrons. The monoisotopic (exact) mass is 228 g/mol. The third kappa shape index (κ3) is 4.10. The number of nitrogens with two attached hydrogens (primary N) is 1. The Hall–Kier alpha value is -0.610. The van der Waals surface area contributed by atoms with Crippen LogP contribution in [0.15, 0.2) is 0 Å². The molecule has 2 atom stereocenters. The van der Waals surface area contributed by atoms with E-state index in [-0.39, 0.29) is 11.5 Å². The van der Waals surface area contributed by atoms with Gasteiger partial charge in [-0.15, -0.1) is 0 Å². The van der Waals surface area contributed by atoms with Crippen LogP contribution in [-0.4, -0.2) is 30.7 Å². The predicted octanol–water partition coefficient (Wildman–Crippen LogP) is 1.05. The van der Waals surface area contributed by atoms with E-state index in [1.807, 2.05) is 6.92 Å². The molecule has 1 heterocycles. The van der Waals surface area contributed by atoms with Crippen molar-refractivity contribution in [3.63, 3.8) is 0 Å². The second kappa shape index (κ2) is 5.64. The lowest BCUT2D eigenvalue weighted by molar-refractivity contribution is -0.124. The van der Waals surface area contributed by atoms with E-state index in [9.17, 15) is 4.79 Å². The van der Waals surface area contributed by atoms with Crippen LogP contribution in [0, 0.1) is 5.92 Å². The summed E-state index contributed by atoms with van der Waals surface area (Å²) in [6, 6.07) is -0.398. The molecule has 0 aromatic carbocycles. The van der Waals surface area contributed by atoms with Crippen molar-refractivity contribution >= 4 is 5.91 Å². The Morgan fingerprint density at radius 3 is 2.75 bits per heavy atom. The zero-order valence-corrected chi connectivity index (χ0v) is 10.6. The molecule has 4 heteroatoms. The fourth-order valence-electron chi connectivity index (χ4n) is 2.00. The standard InChI is InChI=1S/C12H24N2O2/c1-9(2)7-10(13)11(15)14-8-12(3)5-4-6-16-12/h9-10H,4-8,13H2,1-3H3,(H,14,15)/t10-,12?/m0/s1. The van der Waals surface area contributed by atoms with Gasteiger partial charge in [0.25, 0.3) is 0 Å². The molecule has 0 saturated carbocycles. The van der Waals surface area contributed by atoms with Gasteiger partial charge in [0.05, 0.1) is 11.6 Å². The summed E-state index contributed by atoms with van der Waals surface area (Å²) in [4.78, 5) is 11.7. The molecule has 0 aliphatic carbocycles. The summed E-state index contributed by atoms with van der Waals surface area (Å²) < 4.78 is 5.60. The Morgan fingerprint density at radius 2 is 2.25 bits per heavy atom. The molecule has 1 fully saturated rings. The summed E-state index contributed by atoms with van der Waals surface area (Å²) in [6.07, 6.45) is 2.81.